The molecule has 2 heterocycles. The molecule has 1 aliphatic heterocycles. The number of ether oxygens (including phenoxy) is 1. The van der Waals surface area contributed by atoms with Crippen molar-refractivity contribution in [1.82, 2.24) is 5.32 Å². The van der Waals surface area contributed by atoms with Crippen molar-refractivity contribution in [3.05, 3.63) is 45.8 Å². The number of aryl methyl sites for hydroxylation is 1. The van der Waals surface area contributed by atoms with E-state index in [0.717, 1.165) is 36.1 Å². The molecule has 1 unspecified atom stereocenters. The second-order valence-electron chi connectivity index (χ2n) is 7.67. The lowest BCUT2D eigenvalue weighted by Gasteiger charge is -2.15. The van der Waals surface area contributed by atoms with Crippen molar-refractivity contribution in [3.8, 4) is 5.75 Å². The number of carbonyl (C=O) groups excluding carboxylic acids is 2. The highest BCUT2D eigenvalue weighted by molar-refractivity contribution is 7.91. The molecule has 4 rings (SSSR count). The van der Waals surface area contributed by atoms with Crippen LogP contribution in [0.2, 0.25) is 0 Å². The monoisotopic (exact) mass is 448 g/mol. The van der Waals surface area contributed by atoms with Gasteiger partial charge in [0, 0.05) is 16.5 Å². The minimum Gasteiger partial charge on any atom is -0.497 e. The van der Waals surface area contributed by atoms with Crippen LogP contribution in [0.25, 0.3) is 0 Å². The smallest absolute Gasteiger partial charge is 0.256 e. The summed E-state index contributed by atoms with van der Waals surface area (Å²) in [5.41, 5.74) is 1.94. The standard InChI is InChI=1S/C21H24N2O5S2/c1-28-15-8-6-13(7-9-15)19(24)23-21-18(16-4-2-3-5-17(16)29-21)20(25)22-14-10-11-30(26,27)12-14/h6-9,14H,2-5,10-12H2,1H3,(H,22,25)(H,23,24). The zero-order valence-corrected chi connectivity index (χ0v) is 18.3. The van der Waals surface area contributed by atoms with Gasteiger partial charge in [0.1, 0.15) is 10.8 Å². The second-order valence-corrected chi connectivity index (χ2v) is 11.0. The fourth-order valence-corrected chi connectivity index (χ4v) is 6.93. The summed E-state index contributed by atoms with van der Waals surface area (Å²) in [6.07, 6.45) is 4.15. The molecule has 9 heteroatoms. The summed E-state index contributed by atoms with van der Waals surface area (Å²) < 4.78 is 28.6. The molecule has 2 amide bonds. The Morgan fingerprint density at radius 3 is 2.50 bits per heavy atom. The summed E-state index contributed by atoms with van der Waals surface area (Å²) in [6, 6.07) is 6.38. The molecular weight excluding hydrogens is 424 g/mol. The fourth-order valence-electron chi connectivity index (χ4n) is 3.98. The number of fused-ring (bicyclic) bond motifs is 1. The van der Waals surface area contributed by atoms with Crippen molar-refractivity contribution in [2.45, 2.75) is 38.1 Å². The fraction of sp³-hybridized carbons (Fsp3) is 0.429. The Bertz CT molecular complexity index is 1070. The highest BCUT2D eigenvalue weighted by Gasteiger charge is 2.32. The third-order valence-electron chi connectivity index (χ3n) is 5.55. The van der Waals surface area contributed by atoms with Gasteiger partial charge >= 0.3 is 0 Å². The molecule has 160 valence electrons. The summed E-state index contributed by atoms with van der Waals surface area (Å²) in [5.74, 6) is 0.124. The molecule has 2 aliphatic rings. The van der Waals surface area contributed by atoms with E-state index >= 15 is 0 Å². The van der Waals surface area contributed by atoms with Crippen molar-refractivity contribution in [1.29, 1.82) is 0 Å². The van der Waals surface area contributed by atoms with Crippen molar-refractivity contribution in [3.63, 3.8) is 0 Å². The lowest BCUT2D eigenvalue weighted by atomic mass is 9.95. The molecule has 1 saturated heterocycles. The number of nitrogens with one attached hydrogen (secondary N) is 2. The molecule has 7 nitrogen and oxygen atoms in total. The van der Waals surface area contributed by atoms with Gasteiger partial charge in [-0.2, -0.15) is 0 Å². The molecule has 2 N–H and O–H groups in total. The maximum atomic E-state index is 13.1. The number of methoxy groups -OCH3 is 1. The van der Waals surface area contributed by atoms with Gasteiger partial charge in [-0.1, -0.05) is 0 Å². The van der Waals surface area contributed by atoms with Crippen LogP contribution >= 0.6 is 11.3 Å². The molecular formula is C21H24N2O5S2. The van der Waals surface area contributed by atoms with Gasteiger partial charge in [0.15, 0.2) is 9.84 Å². The topological polar surface area (TPSA) is 102 Å². The van der Waals surface area contributed by atoms with Gasteiger partial charge in [-0.05, 0) is 61.9 Å². The van der Waals surface area contributed by atoms with Gasteiger partial charge in [0.2, 0.25) is 0 Å². The van der Waals surface area contributed by atoms with Crippen LogP contribution in [0.4, 0.5) is 5.00 Å². The van der Waals surface area contributed by atoms with E-state index < -0.39 is 9.84 Å². The summed E-state index contributed by atoms with van der Waals surface area (Å²) in [4.78, 5) is 27.0. The highest BCUT2D eigenvalue weighted by atomic mass is 32.2. The number of anilines is 1. The molecule has 1 atom stereocenters. The summed E-state index contributed by atoms with van der Waals surface area (Å²) in [7, 11) is -1.53. The van der Waals surface area contributed by atoms with E-state index in [2.05, 4.69) is 10.6 Å². The Morgan fingerprint density at radius 1 is 1.10 bits per heavy atom. The largest absolute Gasteiger partial charge is 0.497 e. The number of rotatable bonds is 5. The van der Waals surface area contributed by atoms with E-state index in [1.165, 1.54) is 11.3 Å². The number of carbonyl (C=O) groups is 2. The first-order valence-corrected chi connectivity index (χ1v) is 12.6. The van der Waals surface area contributed by atoms with E-state index in [9.17, 15) is 18.0 Å². The average molecular weight is 449 g/mol. The lowest BCUT2D eigenvalue weighted by molar-refractivity contribution is 0.0941. The van der Waals surface area contributed by atoms with Crippen LogP contribution in [0.3, 0.4) is 0 Å². The van der Waals surface area contributed by atoms with Gasteiger partial charge in [-0.3, -0.25) is 9.59 Å². The van der Waals surface area contributed by atoms with Crippen LogP contribution in [-0.4, -0.2) is 44.9 Å². The quantitative estimate of drug-likeness (QED) is 0.732. The molecule has 1 aromatic heterocycles. The number of thiophene rings is 1. The number of hydrogen-bond acceptors (Lipinski definition) is 6. The van der Waals surface area contributed by atoms with Gasteiger partial charge in [0.05, 0.1) is 24.2 Å². The van der Waals surface area contributed by atoms with Crippen LogP contribution in [0.5, 0.6) is 5.75 Å². The van der Waals surface area contributed by atoms with Crippen LogP contribution in [0.15, 0.2) is 24.3 Å². The Morgan fingerprint density at radius 2 is 1.83 bits per heavy atom. The first-order valence-electron chi connectivity index (χ1n) is 9.97. The molecule has 0 saturated carbocycles. The predicted molar refractivity (Wildman–Crippen MR) is 116 cm³/mol. The Balaban J connectivity index is 1.58. The molecule has 0 spiro atoms. The lowest BCUT2D eigenvalue weighted by Crippen LogP contribution is -2.36. The van der Waals surface area contributed by atoms with Crippen LogP contribution in [0, 0.1) is 0 Å². The van der Waals surface area contributed by atoms with Crippen LogP contribution in [0.1, 0.15) is 50.4 Å². The SMILES string of the molecule is COc1ccc(C(=O)Nc2sc3c(c2C(=O)NC2CCS(=O)(=O)C2)CCCC3)cc1. The van der Waals surface area contributed by atoms with Crippen molar-refractivity contribution in [2.75, 3.05) is 23.9 Å². The predicted octanol–water partition coefficient (Wildman–Crippen LogP) is 2.80. The minimum atomic E-state index is -3.09. The molecule has 1 aliphatic carbocycles. The van der Waals surface area contributed by atoms with Crippen molar-refractivity contribution >= 4 is 38.0 Å². The summed E-state index contributed by atoms with van der Waals surface area (Å²) >= 11 is 1.44. The molecule has 1 aromatic carbocycles. The molecule has 0 bridgehead atoms. The molecule has 0 radical (unpaired) electrons. The number of sulfone groups is 1. The Kier molecular flexibility index (Phi) is 5.84. The Labute approximate surface area is 179 Å². The van der Waals surface area contributed by atoms with E-state index in [1.807, 2.05) is 0 Å². The highest BCUT2D eigenvalue weighted by Crippen LogP contribution is 2.38. The molecule has 30 heavy (non-hydrogen) atoms. The van der Waals surface area contributed by atoms with Gasteiger partial charge < -0.3 is 15.4 Å². The van der Waals surface area contributed by atoms with Crippen molar-refractivity contribution < 1.29 is 22.7 Å². The molecule has 2 aromatic rings. The van der Waals surface area contributed by atoms with Gasteiger partial charge in [0.25, 0.3) is 11.8 Å². The maximum absolute atomic E-state index is 13.1. The zero-order valence-electron chi connectivity index (χ0n) is 16.7. The van der Waals surface area contributed by atoms with E-state index in [1.54, 1.807) is 31.4 Å². The number of benzene rings is 1. The average Bonchev–Trinajstić information content (AvgIpc) is 3.26. The Hall–Kier alpha value is -2.39. The first kappa shape index (κ1) is 20.9. The van der Waals surface area contributed by atoms with E-state index in [0.29, 0.717) is 28.3 Å². The number of amides is 2. The summed E-state index contributed by atoms with van der Waals surface area (Å²) in [6.45, 7) is 0. The summed E-state index contributed by atoms with van der Waals surface area (Å²) in [5, 5.41) is 6.31. The van der Waals surface area contributed by atoms with Gasteiger partial charge in [-0.15, -0.1) is 11.3 Å². The van der Waals surface area contributed by atoms with Crippen LogP contribution in [-0.2, 0) is 22.7 Å². The first-order chi connectivity index (χ1) is 14.4. The number of hydrogen-bond donors (Lipinski definition) is 2. The normalized spacial score (nSPS) is 19.7. The third kappa shape index (κ3) is 4.37. The van der Waals surface area contributed by atoms with E-state index in [-0.39, 0.29) is 29.4 Å². The molecule has 1 fully saturated rings. The minimum absolute atomic E-state index is 0.0292. The van der Waals surface area contributed by atoms with Gasteiger partial charge in [-0.25, -0.2) is 8.42 Å². The van der Waals surface area contributed by atoms with Crippen LogP contribution < -0.4 is 15.4 Å². The zero-order chi connectivity index (χ0) is 21.3. The maximum Gasteiger partial charge on any atom is 0.256 e. The van der Waals surface area contributed by atoms with Crippen molar-refractivity contribution in [2.24, 2.45) is 0 Å². The second kappa shape index (κ2) is 8.39. The third-order valence-corrected chi connectivity index (χ3v) is 8.52. The van der Waals surface area contributed by atoms with E-state index in [4.69, 9.17) is 4.74 Å².